The molecule has 1 aliphatic heterocycles. The molecule has 0 aliphatic carbocycles. The van der Waals surface area contributed by atoms with E-state index in [4.69, 9.17) is 10.5 Å². The van der Waals surface area contributed by atoms with Gasteiger partial charge in [0.15, 0.2) is 0 Å². The van der Waals surface area contributed by atoms with Crippen molar-refractivity contribution in [3.63, 3.8) is 0 Å². The molecule has 1 fully saturated rings. The molecule has 0 bridgehead atoms. The van der Waals surface area contributed by atoms with E-state index in [1.165, 1.54) is 4.90 Å². The van der Waals surface area contributed by atoms with Crippen LogP contribution in [0.3, 0.4) is 0 Å². The number of nitrogens with zero attached hydrogens (tertiary/aromatic N) is 1. The quantitative estimate of drug-likeness (QED) is 0.365. The summed E-state index contributed by atoms with van der Waals surface area (Å²) < 4.78 is 5.19. The standard InChI is InChI=1S/C9H16N2O3.C7H15NO/c1-2-4-14-5-3-11-8(12)6-7(10)9(11)13;1-6(2)7(3)4-8-5-9/h7H,2-6,10H2,1H3;5-7H,4H2,1-3H3,(H,8,9). The molecule has 23 heavy (non-hydrogen) atoms. The first-order valence-electron chi connectivity index (χ1n) is 8.19. The van der Waals surface area contributed by atoms with Gasteiger partial charge in [0.2, 0.25) is 18.2 Å². The van der Waals surface area contributed by atoms with E-state index in [0.717, 1.165) is 19.4 Å². The molecule has 3 N–H and O–H groups in total. The zero-order valence-electron chi connectivity index (χ0n) is 14.7. The smallest absolute Gasteiger partial charge is 0.246 e. The Kier molecular flexibility index (Phi) is 11.2. The van der Waals surface area contributed by atoms with E-state index in [1.807, 2.05) is 6.92 Å². The summed E-state index contributed by atoms with van der Waals surface area (Å²) in [6.07, 6.45) is 1.81. The Hall–Kier alpha value is -1.47. The highest BCUT2D eigenvalue weighted by Crippen LogP contribution is 2.10. The Morgan fingerprint density at radius 2 is 2.00 bits per heavy atom. The van der Waals surface area contributed by atoms with E-state index in [9.17, 15) is 14.4 Å². The average Bonchev–Trinajstić information content (AvgIpc) is 2.75. The molecule has 1 heterocycles. The molecule has 7 heteroatoms. The molecular formula is C16H31N3O4. The van der Waals surface area contributed by atoms with Crippen molar-refractivity contribution in [2.24, 2.45) is 17.6 Å². The zero-order valence-corrected chi connectivity index (χ0v) is 14.7. The fourth-order valence-electron chi connectivity index (χ4n) is 1.82. The molecule has 134 valence electrons. The van der Waals surface area contributed by atoms with Crippen molar-refractivity contribution in [3.05, 3.63) is 0 Å². The Labute approximate surface area is 138 Å². The third kappa shape index (κ3) is 8.66. The van der Waals surface area contributed by atoms with Crippen LogP contribution in [0.2, 0.25) is 0 Å². The van der Waals surface area contributed by atoms with Gasteiger partial charge in [0.25, 0.3) is 0 Å². The summed E-state index contributed by atoms with van der Waals surface area (Å²) in [6.45, 7) is 10.6. The minimum atomic E-state index is -0.645. The molecular weight excluding hydrogens is 298 g/mol. The summed E-state index contributed by atoms with van der Waals surface area (Å²) in [5.74, 6) is 0.755. The number of amides is 3. The summed E-state index contributed by atoms with van der Waals surface area (Å²) in [4.78, 5) is 33.5. The lowest BCUT2D eigenvalue weighted by molar-refractivity contribution is -0.139. The molecule has 0 saturated carbocycles. The van der Waals surface area contributed by atoms with Gasteiger partial charge in [-0.25, -0.2) is 0 Å². The summed E-state index contributed by atoms with van der Waals surface area (Å²) >= 11 is 0. The molecule has 7 nitrogen and oxygen atoms in total. The van der Waals surface area contributed by atoms with Crippen molar-refractivity contribution in [2.75, 3.05) is 26.3 Å². The molecule has 1 rings (SSSR count). The number of imide groups is 1. The third-order valence-electron chi connectivity index (χ3n) is 3.75. The van der Waals surface area contributed by atoms with E-state index in [-0.39, 0.29) is 18.2 Å². The topological polar surface area (TPSA) is 102 Å². The minimum absolute atomic E-state index is 0.132. The van der Waals surface area contributed by atoms with Crippen LogP contribution in [0.4, 0.5) is 0 Å². The number of carbonyl (C=O) groups excluding carboxylic acids is 3. The van der Waals surface area contributed by atoms with Crippen LogP contribution < -0.4 is 11.1 Å². The molecule has 2 atom stereocenters. The lowest BCUT2D eigenvalue weighted by Gasteiger charge is -2.13. The molecule has 3 amide bonds. The van der Waals surface area contributed by atoms with Crippen LogP contribution in [-0.4, -0.2) is 55.5 Å². The second kappa shape index (κ2) is 12.0. The lowest BCUT2D eigenvalue weighted by Crippen LogP contribution is -2.37. The molecule has 1 aliphatic rings. The highest BCUT2D eigenvalue weighted by atomic mass is 16.5. The number of likely N-dealkylation sites (tertiary alicyclic amines) is 1. The van der Waals surface area contributed by atoms with Crippen molar-refractivity contribution in [3.8, 4) is 0 Å². The van der Waals surface area contributed by atoms with E-state index >= 15 is 0 Å². The van der Waals surface area contributed by atoms with E-state index in [0.29, 0.717) is 31.6 Å². The summed E-state index contributed by atoms with van der Waals surface area (Å²) in [5, 5.41) is 2.65. The van der Waals surface area contributed by atoms with E-state index in [1.54, 1.807) is 0 Å². The highest BCUT2D eigenvalue weighted by molar-refractivity contribution is 6.05. The van der Waals surface area contributed by atoms with Crippen LogP contribution in [0.5, 0.6) is 0 Å². The fourth-order valence-corrected chi connectivity index (χ4v) is 1.82. The maximum absolute atomic E-state index is 11.3. The van der Waals surface area contributed by atoms with Crippen molar-refractivity contribution in [2.45, 2.75) is 46.6 Å². The fraction of sp³-hybridized carbons (Fsp3) is 0.812. The molecule has 0 aromatic carbocycles. The Morgan fingerprint density at radius 3 is 2.43 bits per heavy atom. The van der Waals surface area contributed by atoms with Gasteiger partial charge in [-0.2, -0.15) is 0 Å². The van der Waals surface area contributed by atoms with Gasteiger partial charge < -0.3 is 15.8 Å². The van der Waals surface area contributed by atoms with Crippen LogP contribution in [0, 0.1) is 11.8 Å². The van der Waals surface area contributed by atoms with Gasteiger partial charge in [0.05, 0.1) is 25.6 Å². The monoisotopic (exact) mass is 329 g/mol. The number of nitrogens with two attached hydrogens (primary N) is 1. The normalized spacial score (nSPS) is 18.7. The van der Waals surface area contributed by atoms with Gasteiger partial charge in [-0.1, -0.05) is 27.7 Å². The molecule has 0 aromatic heterocycles. The number of ether oxygens (including phenoxy) is 1. The molecule has 0 aromatic rings. The first kappa shape index (κ1) is 21.5. The predicted molar refractivity (Wildman–Crippen MR) is 88.5 cm³/mol. The van der Waals surface area contributed by atoms with Crippen molar-refractivity contribution < 1.29 is 19.1 Å². The van der Waals surface area contributed by atoms with Crippen LogP contribution in [-0.2, 0) is 19.1 Å². The second-order valence-electron chi connectivity index (χ2n) is 6.05. The summed E-state index contributed by atoms with van der Waals surface area (Å²) in [5.41, 5.74) is 5.44. The van der Waals surface area contributed by atoms with Gasteiger partial charge in [-0.15, -0.1) is 0 Å². The first-order valence-corrected chi connectivity index (χ1v) is 8.19. The second-order valence-corrected chi connectivity index (χ2v) is 6.05. The summed E-state index contributed by atoms with van der Waals surface area (Å²) in [6, 6.07) is -0.645. The maximum atomic E-state index is 11.3. The molecule has 2 unspecified atom stereocenters. The predicted octanol–water partition coefficient (Wildman–Crippen LogP) is 0.524. The van der Waals surface area contributed by atoms with Gasteiger partial charge >= 0.3 is 0 Å². The lowest BCUT2D eigenvalue weighted by atomic mass is 9.98. The Balaban J connectivity index is 0.000000468. The largest absolute Gasteiger partial charge is 0.380 e. The van der Waals surface area contributed by atoms with Crippen LogP contribution >= 0.6 is 0 Å². The third-order valence-corrected chi connectivity index (χ3v) is 3.75. The van der Waals surface area contributed by atoms with Gasteiger partial charge in [-0.05, 0) is 18.3 Å². The summed E-state index contributed by atoms with van der Waals surface area (Å²) in [7, 11) is 0. The van der Waals surface area contributed by atoms with Crippen molar-refractivity contribution >= 4 is 18.2 Å². The molecule has 0 radical (unpaired) electrons. The number of nitrogens with one attached hydrogen (secondary N) is 1. The minimum Gasteiger partial charge on any atom is -0.380 e. The highest BCUT2D eigenvalue weighted by Gasteiger charge is 2.35. The zero-order chi connectivity index (χ0) is 17.8. The number of carbonyl (C=O) groups is 3. The van der Waals surface area contributed by atoms with Crippen LogP contribution in [0.25, 0.3) is 0 Å². The number of hydrogen-bond acceptors (Lipinski definition) is 5. The van der Waals surface area contributed by atoms with E-state index < -0.39 is 6.04 Å². The number of hydrogen-bond donors (Lipinski definition) is 2. The van der Waals surface area contributed by atoms with Gasteiger partial charge in [-0.3, -0.25) is 19.3 Å². The van der Waals surface area contributed by atoms with Gasteiger partial charge in [0.1, 0.15) is 0 Å². The molecule has 1 saturated heterocycles. The number of rotatable bonds is 9. The Bertz CT molecular complexity index is 374. The maximum Gasteiger partial charge on any atom is 0.246 e. The van der Waals surface area contributed by atoms with Crippen LogP contribution in [0.1, 0.15) is 40.5 Å². The molecule has 0 spiro atoms. The van der Waals surface area contributed by atoms with Gasteiger partial charge in [0, 0.05) is 13.2 Å². The first-order chi connectivity index (χ1) is 10.8. The van der Waals surface area contributed by atoms with Crippen LogP contribution in [0.15, 0.2) is 0 Å². The van der Waals surface area contributed by atoms with Crippen molar-refractivity contribution in [1.82, 2.24) is 10.2 Å². The Morgan fingerprint density at radius 1 is 1.35 bits per heavy atom. The average molecular weight is 329 g/mol. The SMILES string of the molecule is CC(C)C(C)CNC=O.CCCOCCN1C(=O)CC(N)C1=O. The van der Waals surface area contributed by atoms with Crippen molar-refractivity contribution in [1.29, 1.82) is 0 Å². The van der Waals surface area contributed by atoms with E-state index in [2.05, 4.69) is 26.1 Å².